The first kappa shape index (κ1) is 12.8. The van der Waals surface area contributed by atoms with Gasteiger partial charge in [0.2, 0.25) is 0 Å². The molecule has 0 radical (unpaired) electrons. The van der Waals surface area contributed by atoms with Gasteiger partial charge in [0.25, 0.3) is 0 Å². The average Bonchev–Trinajstić information content (AvgIpc) is 2.16. The molecule has 0 aromatic heterocycles. The topological polar surface area (TPSA) is 29.1 Å². The molecule has 0 fully saturated rings. The van der Waals surface area contributed by atoms with Gasteiger partial charge in [0.05, 0.1) is 5.56 Å². The van der Waals surface area contributed by atoms with Crippen molar-refractivity contribution in [2.45, 2.75) is 26.7 Å². The van der Waals surface area contributed by atoms with E-state index in [2.05, 4.69) is 5.32 Å². The molecule has 3 heteroatoms. The standard InChI is InChI=1S/C13H18FNO/c1-9-7-10(2)13(11(14)8-9)12(16)5-4-6-15-3/h7-8,15H,4-6H2,1-3H3. The van der Waals surface area contributed by atoms with Gasteiger partial charge in [-0.3, -0.25) is 4.79 Å². The average molecular weight is 223 g/mol. The van der Waals surface area contributed by atoms with Crippen molar-refractivity contribution in [1.29, 1.82) is 0 Å². The molecule has 1 rings (SSSR count). The number of nitrogens with one attached hydrogen (secondary N) is 1. The highest BCUT2D eigenvalue weighted by atomic mass is 19.1. The van der Waals surface area contributed by atoms with Crippen LogP contribution < -0.4 is 5.32 Å². The maximum absolute atomic E-state index is 13.6. The molecule has 0 amide bonds. The van der Waals surface area contributed by atoms with Gasteiger partial charge in [-0.2, -0.15) is 0 Å². The quantitative estimate of drug-likeness (QED) is 0.614. The summed E-state index contributed by atoms with van der Waals surface area (Å²) >= 11 is 0. The molecular weight excluding hydrogens is 205 g/mol. The van der Waals surface area contributed by atoms with E-state index < -0.39 is 5.82 Å². The molecule has 0 aliphatic carbocycles. The van der Waals surface area contributed by atoms with E-state index in [1.54, 1.807) is 6.92 Å². The third-order valence-electron chi connectivity index (χ3n) is 2.54. The van der Waals surface area contributed by atoms with Gasteiger partial charge in [-0.05, 0) is 51.1 Å². The van der Waals surface area contributed by atoms with Crippen molar-refractivity contribution < 1.29 is 9.18 Å². The molecule has 1 aromatic rings. The number of aryl methyl sites for hydroxylation is 2. The molecule has 16 heavy (non-hydrogen) atoms. The van der Waals surface area contributed by atoms with Gasteiger partial charge >= 0.3 is 0 Å². The lowest BCUT2D eigenvalue weighted by Gasteiger charge is -2.07. The van der Waals surface area contributed by atoms with Crippen molar-refractivity contribution in [3.05, 3.63) is 34.6 Å². The van der Waals surface area contributed by atoms with E-state index in [1.807, 2.05) is 20.0 Å². The second kappa shape index (κ2) is 5.75. The van der Waals surface area contributed by atoms with E-state index in [4.69, 9.17) is 0 Å². The number of rotatable bonds is 5. The molecular formula is C13H18FNO. The fourth-order valence-electron chi connectivity index (χ4n) is 1.82. The van der Waals surface area contributed by atoms with Crippen LogP contribution in [0.1, 0.15) is 34.3 Å². The third kappa shape index (κ3) is 3.14. The highest BCUT2D eigenvalue weighted by Crippen LogP contribution is 2.17. The van der Waals surface area contributed by atoms with Crippen LogP contribution in [-0.2, 0) is 0 Å². The Balaban J connectivity index is 2.83. The highest BCUT2D eigenvalue weighted by Gasteiger charge is 2.14. The molecule has 1 N–H and O–H groups in total. The Labute approximate surface area is 95.9 Å². The van der Waals surface area contributed by atoms with Gasteiger partial charge in [-0.25, -0.2) is 4.39 Å². The van der Waals surface area contributed by atoms with Crippen molar-refractivity contribution >= 4 is 5.78 Å². The molecule has 0 aliphatic rings. The second-order valence-corrected chi connectivity index (χ2v) is 4.07. The summed E-state index contributed by atoms with van der Waals surface area (Å²) in [6, 6.07) is 3.26. The van der Waals surface area contributed by atoms with Crippen LogP contribution in [0.5, 0.6) is 0 Å². The Hall–Kier alpha value is -1.22. The molecule has 2 nitrogen and oxygen atoms in total. The van der Waals surface area contributed by atoms with E-state index in [-0.39, 0.29) is 11.3 Å². The van der Waals surface area contributed by atoms with Crippen molar-refractivity contribution in [3.8, 4) is 0 Å². The predicted octanol–water partition coefficient (Wildman–Crippen LogP) is 2.62. The number of hydrogen-bond donors (Lipinski definition) is 1. The molecule has 0 saturated carbocycles. The van der Waals surface area contributed by atoms with Crippen LogP contribution >= 0.6 is 0 Å². The highest BCUT2D eigenvalue weighted by molar-refractivity contribution is 5.97. The molecule has 0 aliphatic heterocycles. The molecule has 0 spiro atoms. The first-order valence-electron chi connectivity index (χ1n) is 5.50. The zero-order valence-corrected chi connectivity index (χ0v) is 10.1. The summed E-state index contributed by atoms with van der Waals surface area (Å²) < 4.78 is 13.6. The number of ketones is 1. The van der Waals surface area contributed by atoms with Crippen molar-refractivity contribution in [2.75, 3.05) is 13.6 Å². The number of hydrogen-bond acceptors (Lipinski definition) is 2. The van der Waals surface area contributed by atoms with Crippen LogP contribution in [-0.4, -0.2) is 19.4 Å². The molecule has 0 saturated heterocycles. The maximum atomic E-state index is 13.6. The Kier molecular flexibility index (Phi) is 4.62. The summed E-state index contributed by atoms with van der Waals surface area (Å²) in [6.45, 7) is 4.38. The van der Waals surface area contributed by atoms with E-state index in [0.717, 1.165) is 24.1 Å². The van der Waals surface area contributed by atoms with Crippen LogP contribution in [0.2, 0.25) is 0 Å². The predicted molar refractivity (Wildman–Crippen MR) is 63.4 cm³/mol. The minimum atomic E-state index is -0.396. The van der Waals surface area contributed by atoms with E-state index >= 15 is 0 Å². The third-order valence-corrected chi connectivity index (χ3v) is 2.54. The first-order chi connectivity index (χ1) is 7.56. The van der Waals surface area contributed by atoms with E-state index in [1.165, 1.54) is 6.07 Å². The number of carbonyl (C=O) groups excluding carboxylic acids is 1. The molecule has 0 atom stereocenters. The summed E-state index contributed by atoms with van der Waals surface area (Å²) in [5, 5.41) is 2.97. The SMILES string of the molecule is CNCCCC(=O)c1c(C)cc(C)cc1F. The monoisotopic (exact) mass is 223 g/mol. The lowest BCUT2D eigenvalue weighted by Crippen LogP contribution is -2.11. The minimum Gasteiger partial charge on any atom is -0.320 e. The Morgan fingerprint density at radius 1 is 1.38 bits per heavy atom. The van der Waals surface area contributed by atoms with Crippen LogP contribution in [0.15, 0.2) is 12.1 Å². The van der Waals surface area contributed by atoms with Gasteiger partial charge in [-0.1, -0.05) is 6.07 Å². The van der Waals surface area contributed by atoms with Crippen molar-refractivity contribution in [2.24, 2.45) is 0 Å². The summed E-state index contributed by atoms with van der Waals surface area (Å²) in [5.41, 5.74) is 1.83. The van der Waals surface area contributed by atoms with Crippen LogP contribution in [0.25, 0.3) is 0 Å². The number of benzene rings is 1. The normalized spacial score (nSPS) is 10.5. The Morgan fingerprint density at radius 2 is 2.06 bits per heavy atom. The van der Waals surface area contributed by atoms with Crippen molar-refractivity contribution in [1.82, 2.24) is 5.32 Å². The first-order valence-corrected chi connectivity index (χ1v) is 5.50. The van der Waals surface area contributed by atoms with Gasteiger partial charge in [0.1, 0.15) is 5.82 Å². The maximum Gasteiger partial charge on any atom is 0.166 e. The summed E-state index contributed by atoms with van der Waals surface area (Å²) in [5.74, 6) is -0.503. The van der Waals surface area contributed by atoms with Crippen LogP contribution in [0.4, 0.5) is 4.39 Å². The Bertz CT molecular complexity index is 365. The largest absolute Gasteiger partial charge is 0.320 e. The Morgan fingerprint density at radius 3 is 2.62 bits per heavy atom. The zero-order chi connectivity index (χ0) is 12.1. The molecule has 0 unspecified atom stereocenters. The summed E-state index contributed by atoms with van der Waals surface area (Å²) in [4.78, 5) is 11.8. The van der Waals surface area contributed by atoms with Crippen LogP contribution in [0, 0.1) is 19.7 Å². The fraction of sp³-hybridized carbons (Fsp3) is 0.462. The smallest absolute Gasteiger partial charge is 0.166 e. The molecule has 0 bridgehead atoms. The van der Waals surface area contributed by atoms with E-state index in [0.29, 0.717) is 6.42 Å². The zero-order valence-electron chi connectivity index (χ0n) is 10.1. The summed E-state index contributed by atoms with van der Waals surface area (Å²) in [6.07, 6.45) is 1.13. The number of halogens is 1. The number of carbonyl (C=O) groups is 1. The van der Waals surface area contributed by atoms with Gasteiger partial charge in [-0.15, -0.1) is 0 Å². The van der Waals surface area contributed by atoms with Gasteiger partial charge in [0.15, 0.2) is 5.78 Å². The fourth-order valence-corrected chi connectivity index (χ4v) is 1.82. The molecule has 88 valence electrons. The molecule has 1 aromatic carbocycles. The van der Waals surface area contributed by atoms with Crippen molar-refractivity contribution in [3.63, 3.8) is 0 Å². The van der Waals surface area contributed by atoms with Crippen LogP contribution in [0.3, 0.4) is 0 Å². The lowest BCUT2D eigenvalue weighted by atomic mass is 9.99. The van der Waals surface area contributed by atoms with Gasteiger partial charge in [0, 0.05) is 6.42 Å². The minimum absolute atomic E-state index is 0.106. The lowest BCUT2D eigenvalue weighted by molar-refractivity contribution is 0.0975. The number of Topliss-reactive ketones (excluding diaryl/α,β-unsaturated/α-hetero) is 1. The van der Waals surface area contributed by atoms with Gasteiger partial charge < -0.3 is 5.32 Å². The van der Waals surface area contributed by atoms with E-state index in [9.17, 15) is 9.18 Å². The molecule has 0 heterocycles. The summed E-state index contributed by atoms with van der Waals surface area (Å²) in [7, 11) is 1.84. The second-order valence-electron chi connectivity index (χ2n) is 4.07.